The van der Waals surface area contributed by atoms with Gasteiger partial charge in [0.2, 0.25) is 5.43 Å². The number of fused-ring (bicyclic) bond motifs is 1. The molecular formula is C12H9F2NO3S. The van der Waals surface area contributed by atoms with Crippen molar-refractivity contribution < 1.29 is 18.7 Å². The summed E-state index contributed by atoms with van der Waals surface area (Å²) < 4.78 is 27.9. The van der Waals surface area contributed by atoms with Gasteiger partial charge in [-0.2, -0.15) is 0 Å². The van der Waals surface area contributed by atoms with Crippen LogP contribution >= 0.6 is 11.3 Å². The van der Waals surface area contributed by atoms with Crippen molar-refractivity contribution in [1.29, 1.82) is 0 Å². The minimum Gasteiger partial charge on any atom is -0.478 e. The van der Waals surface area contributed by atoms with Crippen molar-refractivity contribution in [2.75, 3.05) is 19.0 Å². The van der Waals surface area contributed by atoms with Crippen LogP contribution < -0.4 is 10.3 Å². The summed E-state index contributed by atoms with van der Waals surface area (Å²) in [5.74, 6) is -3.18. The molecule has 1 N–H and O–H groups in total. The molecule has 0 spiro atoms. The summed E-state index contributed by atoms with van der Waals surface area (Å²) in [6, 6.07) is 0.874. The standard InChI is InChI=1S/C12H9F2NO3S/c1-15(2)9-7(13)3-5-10(16)6(12(17)18)4-19-11(5)8(9)14/h3-4H,1-2H3,(H,17,18). The normalized spacial score (nSPS) is 10.7. The molecule has 19 heavy (non-hydrogen) atoms. The fourth-order valence-corrected chi connectivity index (χ4v) is 2.67. The third-order valence-corrected chi connectivity index (χ3v) is 3.60. The van der Waals surface area contributed by atoms with Gasteiger partial charge in [0, 0.05) is 24.9 Å². The molecule has 0 atom stereocenters. The van der Waals surface area contributed by atoms with Gasteiger partial charge in [-0.25, -0.2) is 13.6 Å². The van der Waals surface area contributed by atoms with Crippen molar-refractivity contribution in [1.82, 2.24) is 0 Å². The predicted octanol–water partition coefficient (Wildman–Crippen LogP) is 2.30. The lowest BCUT2D eigenvalue weighted by molar-refractivity contribution is 0.0696. The van der Waals surface area contributed by atoms with Gasteiger partial charge < -0.3 is 10.0 Å². The van der Waals surface area contributed by atoms with E-state index < -0.39 is 28.6 Å². The maximum atomic E-state index is 14.1. The molecule has 1 aromatic heterocycles. The Morgan fingerprint density at radius 1 is 1.37 bits per heavy atom. The van der Waals surface area contributed by atoms with Gasteiger partial charge in [-0.15, -0.1) is 11.3 Å². The molecule has 0 saturated carbocycles. The average Bonchev–Trinajstić information content (AvgIpc) is 2.29. The lowest BCUT2D eigenvalue weighted by Gasteiger charge is -2.15. The van der Waals surface area contributed by atoms with Gasteiger partial charge in [-0.3, -0.25) is 4.79 Å². The molecule has 2 rings (SSSR count). The Kier molecular flexibility index (Phi) is 3.23. The summed E-state index contributed by atoms with van der Waals surface area (Å²) in [4.78, 5) is 23.9. The Morgan fingerprint density at radius 2 is 2.00 bits per heavy atom. The van der Waals surface area contributed by atoms with Crippen molar-refractivity contribution in [3.63, 3.8) is 0 Å². The van der Waals surface area contributed by atoms with E-state index in [1.807, 2.05) is 0 Å². The van der Waals surface area contributed by atoms with E-state index in [1.165, 1.54) is 19.0 Å². The predicted molar refractivity (Wildman–Crippen MR) is 69.3 cm³/mol. The highest BCUT2D eigenvalue weighted by Crippen LogP contribution is 2.30. The van der Waals surface area contributed by atoms with Crippen molar-refractivity contribution in [3.8, 4) is 0 Å². The number of nitrogens with zero attached hydrogens (tertiary/aromatic N) is 1. The molecule has 7 heteroatoms. The summed E-state index contributed by atoms with van der Waals surface area (Å²) in [5, 5.41) is 9.62. The van der Waals surface area contributed by atoms with E-state index in [4.69, 9.17) is 5.11 Å². The van der Waals surface area contributed by atoms with Gasteiger partial charge in [0.25, 0.3) is 0 Å². The minimum atomic E-state index is -1.42. The zero-order valence-corrected chi connectivity index (χ0v) is 10.8. The van der Waals surface area contributed by atoms with Crippen molar-refractivity contribution in [2.24, 2.45) is 0 Å². The largest absolute Gasteiger partial charge is 0.478 e. The first-order chi connectivity index (χ1) is 8.84. The second kappa shape index (κ2) is 4.58. The van der Waals surface area contributed by atoms with Crippen LogP contribution in [0, 0.1) is 11.6 Å². The van der Waals surface area contributed by atoms with Gasteiger partial charge in [0.15, 0.2) is 5.82 Å². The molecule has 4 nitrogen and oxygen atoms in total. The molecule has 0 unspecified atom stereocenters. The Morgan fingerprint density at radius 3 is 2.53 bits per heavy atom. The second-order valence-corrected chi connectivity index (χ2v) is 4.96. The van der Waals surface area contributed by atoms with Crippen molar-refractivity contribution >= 4 is 33.1 Å². The lowest BCUT2D eigenvalue weighted by Crippen LogP contribution is -2.17. The quantitative estimate of drug-likeness (QED) is 0.920. The van der Waals surface area contributed by atoms with Gasteiger partial charge in [-0.05, 0) is 6.07 Å². The molecule has 2 aromatic rings. The van der Waals surface area contributed by atoms with Gasteiger partial charge in [0.1, 0.15) is 17.1 Å². The Bertz CT molecular complexity index is 740. The molecule has 0 fully saturated rings. The molecule has 0 amide bonds. The maximum absolute atomic E-state index is 14.1. The van der Waals surface area contributed by atoms with Crippen LogP contribution in [0.1, 0.15) is 10.4 Å². The molecule has 0 aliphatic rings. The lowest BCUT2D eigenvalue weighted by atomic mass is 10.1. The van der Waals surface area contributed by atoms with E-state index in [9.17, 15) is 18.4 Å². The molecule has 0 saturated heterocycles. The summed E-state index contributed by atoms with van der Waals surface area (Å²) >= 11 is 0.764. The van der Waals surface area contributed by atoms with Crippen LogP contribution in [-0.4, -0.2) is 25.2 Å². The molecular weight excluding hydrogens is 276 g/mol. The summed E-state index contributed by atoms with van der Waals surface area (Å²) in [6.07, 6.45) is 0. The molecule has 100 valence electrons. The topological polar surface area (TPSA) is 57.6 Å². The van der Waals surface area contributed by atoms with E-state index in [0.717, 1.165) is 22.8 Å². The Balaban J connectivity index is 2.93. The second-order valence-electron chi connectivity index (χ2n) is 4.08. The SMILES string of the molecule is CN(C)c1c(F)cc2c(=O)c(C(=O)O)csc2c1F. The first-order valence-corrected chi connectivity index (χ1v) is 6.06. The Labute approximate surface area is 110 Å². The van der Waals surface area contributed by atoms with Crippen molar-refractivity contribution in [2.45, 2.75) is 0 Å². The maximum Gasteiger partial charge on any atom is 0.340 e. The summed E-state index contributed by atoms with van der Waals surface area (Å²) in [5.41, 5.74) is -1.63. The van der Waals surface area contributed by atoms with E-state index in [0.29, 0.717) is 0 Å². The van der Waals surface area contributed by atoms with E-state index in [-0.39, 0.29) is 15.8 Å². The third-order valence-electron chi connectivity index (χ3n) is 2.61. The third kappa shape index (κ3) is 2.06. The molecule has 1 heterocycles. The number of halogens is 2. The van der Waals surface area contributed by atoms with Crippen LogP contribution in [0.5, 0.6) is 0 Å². The number of carboxylic acid groups (broad SMARTS) is 1. The molecule has 0 radical (unpaired) electrons. The number of benzene rings is 1. The first kappa shape index (κ1) is 13.4. The van der Waals surface area contributed by atoms with Crippen LogP contribution in [0.25, 0.3) is 10.1 Å². The zero-order valence-electron chi connectivity index (χ0n) is 10.0. The van der Waals surface area contributed by atoms with E-state index >= 15 is 0 Å². The number of hydrogen-bond donors (Lipinski definition) is 1. The number of anilines is 1. The van der Waals surface area contributed by atoms with Gasteiger partial charge in [-0.1, -0.05) is 0 Å². The minimum absolute atomic E-state index is 0.0555. The summed E-state index contributed by atoms with van der Waals surface area (Å²) in [7, 11) is 2.95. The van der Waals surface area contributed by atoms with Crippen LogP contribution in [0.4, 0.5) is 14.5 Å². The molecule has 0 bridgehead atoms. The molecule has 0 aliphatic heterocycles. The fraction of sp³-hybridized carbons (Fsp3) is 0.167. The number of rotatable bonds is 2. The average molecular weight is 285 g/mol. The van der Waals surface area contributed by atoms with E-state index in [2.05, 4.69) is 0 Å². The van der Waals surface area contributed by atoms with E-state index in [1.54, 1.807) is 0 Å². The number of carboxylic acids is 1. The number of aromatic carboxylic acids is 1. The first-order valence-electron chi connectivity index (χ1n) is 5.18. The van der Waals surface area contributed by atoms with Crippen LogP contribution in [-0.2, 0) is 0 Å². The van der Waals surface area contributed by atoms with Gasteiger partial charge in [0.05, 0.1) is 4.70 Å². The van der Waals surface area contributed by atoms with Crippen LogP contribution in [0.2, 0.25) is 0 Å². The molecule has 0 aliphatic carbocycles. The zero-order chi connectivity index (χ0) is 14.3. The van der Waals surface area contributed by atoms with Gasteiger partial charge >= 0.3 is 5.97 Å². The van der Waals surface area contributed by atoms with Crippen LogP contribution in [0.3, 0.4) is 0 Å². The highest BCUT2D eigenvalue weighted by atomic mass is 32.1. The number of hydrogen-bond acceptors (Lipinski definition) is 4. The monoisotopic (exact) mass is 285 g/mol. The highest BCUT2D eigenvalue weighted by Gasteiger charge is 2.20. The Hall–Kier alpha value is -2.02. The smallest absolute Gasteiger partial charge is 0.340 e. The van der Waals surface area contributed by atoms with Crippen LogP contribution in [0.15, 0.2) is 16.2 Å². The molecule has 1 aromatic carbocycles. The number of carbonyl (C=O) groups is 1. The highest BCUT2D eigenvalue weighted by molar-refractivity contribution is 7.16. The fourth-order valence-electron chi connectivity index (χ4n) is 1.75. The summed E-state index contributed by atoms with van der Waals surface area (Å²) in [6.45, 7) is 0. The van der Waals surface area contributed by atoms with Crippen molar-refractivity contribution in [3.05, 3.63) is 38.9 Å².